The molecule has 2 N–H and O–H groups in total. The Kier molecular flexibility index (Phi) is 15.3. The van der Waals surface area contributed by atoms with Crippen LogP contribution in [0.1, 0.15) is 71.1 Å². The van der Waals surface area contributed by atoms with E-state index in [-0.39, 0.29) is 12.5 Å². The Morgan fingerprint density at radius 2 is 1.52 bits per heavy atom. The van der Waals surface area contributed by atoms with Crippen LogP contribution in [0, 0.1) is 0 Å². The van der Waals surface area contributed by atoms with E-state index in [0.29, 0.717) is 19.5 Å². The van der Waals surface area contributed by atoms with Crippen molar-refractivity contribution < 1.29 is 9.90 Å². The molecule has 0 aromatic rings. The first-order chi connectivity index (χ1) is 10.2. The highest BCUT2D eigenvalue weighted by molar-refractivity contribution is 5.75. The second kappa shape index (κ2) is 15.8. The van der Waals surface area contributed by atoms with Gasteiger partial charge in [-0.3, -0.25) is 4.79 Å². The normalized spacial score (nSPS) is 11.0. The molecule has 0 heterocycles. The molecule has 0 saturated carbocycles. The largest absolute Gasteiger partial charge is 0.395 e. The van der Waals surface area contributed by atoms with E-state index in [1.54, 1.807) is 0 Å². The fourth-order valence-corrected chi connectivity index (χ4v) is 2.35. The topological polar surface area (TPSA) is 52.6 Å². The molecule has 0 spiro atoms. The zero-order valence-electron chi connectivity index (χ0n) is 14.2. The molecular formula is C17H36N2O2. The first-order valence-corrected chi connectivity index (χ1v) is 8.76. The number of nitrogens with one attached hydrogen (secondary N) is 1. The van der Waals surface area contributed by atoms with E-state index in [1.807, 2.05) is 11.9 Å². The van der Waals surface area contributed by atoms with Crippen LogP contribution in [-0.2, 0) is 4.79 Å². The molecule has 0 fully saturated rings. The maximum Gasteiger partial charge on any atom is 0.220 e. The predicted octanol–water partition coefficient (Wildman–Crippen LogP) is 2.95. The second-order valence-corrected chi connectivity index (χ2v) is 5.96. The van der Waals surface area contributed by atoms with Crippen LogP contribution >= 0.6 is 0 Å². The Morgan fingerprint density at radius 3 is 2.10 bits per heavy atom. The molecule has 1 amide bonds. The minimum absolute atomic E-state index is 0.162. The van der Waals surface area contributed by atoms with Crippen molar-refractivity contribution in [2.45, 2.75) is 71.1 Å². The number of amides is 1. The summed E-state index contributed by atoms with van der Waals surface area (Å²) in [5.41, 5.74) is 0. The molecule has 0 aliphatic rings. The number of rotatable bonds is 15. The number of hydrogen-bond acceptors (Lipinski definition) is 3. The van der Waals surface area contributed by atoms with Gasteiger partial charge in [0, 0.05) is 26.1 Å². The maximum absolute atomic E-state index is 11.6. The third kappa shape index (κ3) is 15.6. The zero-order chi connectivity index (χ0) is 15.8. The highest BCUT2D eigenvalue weighted by Gasteiger charge is 2.02. The lowest BCUT2D eigenvalue weighted by Gasteiger charge is -2.15. The molecule has 0 atom stereocenters. The van der Waals surface area contributed by atoms with Crippen LogP contribution in [0.4, 0.5) is 0 Å². The highest BCUT2D eigenvalue weighted by atomic mass is 16.3. The van der Waals surface area contributed by atoms with Crippen molar-refractivity contribution >= 4 is 5.91 Å². The molecule has 126 valence electrons. The quantitative estimate of drug-likeness (QED) is 0.457. The van der Waals surface area contributed by atoms with Gasteiger partial charge in [-0.2, -0.15) is 0 Å². The van der Waals surface area contributed by atoms with Crippen molar-refractivity contribution in [3.8, 4) is 0 Å². The van der Waals surface area contributed by atoms with Gasteiger partial charge in [-0.05, 0) is 13.5 Å². The highest BCUT2D eigenvalue weighted by Crippen LogP contribution is 2.10. The molecule has 0 saturated heterocycles. The number of aliphatic hydroxyl groups excluding tert-OH is 1. The molecule has 4 nitrogen and oxygen atoms in total. The lowest BCUT2D eigenvalue weighted by molar-refractivity contribution is -0.121. The first kappa shape index (κ1) is 20.4. The second-order valence-electron chi connectivity index (χ2n) is 5.96. The van der Waals surface area contributed by atoms with Crippen LogP contribution in [0.2, 0.25) is 0 Å². The van der Waals surface area contributed by atoms with Gasteiger partial charge in [-0.15, -0.1) is 0 Å². The Balaban J connectivity index is 3.23. The summed E-state index contributed by atoms with van der Waals surface area (Å²) in [7, 11) is 1.95. The smallest absolute Gasteiger partial charge is 0.220 e. The van der Waals surface area contributed by atoms with E-state index in [1.165, 1.54) is 51.4 Å². The number of carbonyl (C=O) groups excluding carboxylic acids is 1. The van der Waals surface area contributed by atoms with Crippen LogP contribution in [-0.4, -0.2) is 49.2 Å². The third-order valence-electron chi connectivity index (χ3n) is 3.80. The predicted molar refractivity (Wildman–Crippen MR) is 89.4 cm³/mol. The van der Waals surface area contributed by atoms with Crippen molar-refractivity contribution in [3.05, 3.63) is 0 Å². The maximum atomic E-state index is 11.6. The molecule has 0 bridgehead atoms. The monoisotopic (exact) mass is 300 g/mol. The lowest BCUT2D eigenvalue weighted by Crippen LogP contribution is -2.34. The molecule has 21 heavy (non-hydrogen) atoms. The molecule has 0 radical (unpaired) electrons. The summed E-state index contributed by atoms with van der Waals surface area (Å²) in [6.07, 6.45) is 12.2. The number of carbonyl (C=O) groups is 1. The van der Waals surface area contributed by atoms with Crippen LogP contribution in [0.3, 0.4) is 0 Å². The third-order valence-corrected chi connectivity index (χ3v) is 3.80. The van der Waals surface area contributed by atoms with Gasteiger partial charge in [-0.25, -0.2) is 0 Å². The van der Waals surface area contributed by atoms with Crippen molar-refractivity contribution in [1.29, 1.82) is 0 Å². The SMILES string of the molecule is CCCCCCCCCCCC(=O)NCCN(C)CCO. The lowest BCUT2D eigenvalue weighted by atomic mass is 10.1. The van der Waals surface area contributed by atoms with E-state index < -0.39 is 0 Å². The Hall–Kier alpha value is -0.610. The molecule has 0 aromatic heterocycles. The van der Waals surface area contributed by atoms with E-state index in [4.69, 9.17) is 5.11 Å². The van der Waals surface area contributed by atoms with Crippen LogP contribution in [0.25, 0.3) is 0 Å². The first-order valence-electron chi connectivity index (χ1n) is 8.76. The number of nitrogens with zero attached hydrogens (tertiary/aromatic N) is 1. The van der Waals surface area contributed by atoms with Gasteiger partial charge >= 0.3 is 0 Å². The number of hydrogen-bond donors (Lipinski definition) is 2. The number of aliphatic hydroxyl groups is 1. The standard InChI is InChI=1S/C17H36N2O2/c1-3-4-5-6-7-8-9-10-11-12-17(21)18-13-14-19(2)15-16-20/h20H,3-16H2,1-2H3,(H,18,21). The summed E-state index contributed by atoms with van der Waals surface area (Å²) in [4.78, 5) is 13.6. The van der Waals surface area contributed by atoms with Crippen LogP contribution in [0.5, 0.6) is 0 Å². The van der Waals surface area contributed by atoms with Gasteiger partial charge < -0.3 is 15.3 Å². The summed E-state index contributed by atoms with van der Waals surface area (Å²) < 4.78 is 0. The minimum Gasteiger partial charge on any atom is -0.395 e. The molecule has 4 heteroatoms. The van der Waals surface area contributed by atoms with Gasteiger partial charge in [0.15, 0.2) is 0 Å². The fraction of sp³-hybridized carbons (Fsp3) is 0.941. The fourth-order valence-electron chi connectivity index (χ4n) is 2.35. The van der Waals surface area contributed by atoms with Gasteiger partial charge in [0.05, 0.1) is 6.61 Å². The molecule has 0 aliphatic carbocycles. The summed E-state index contributed by atoms with van der Waals surface area (Å²) in [6.45, 7) is 4.55. The van der Waals surface area contributed by atoms with E-state index in [9.17, 15) is 4.79 Å². The van der Waals surface area contributed by atoms with E-state index in [2.05, 4.69) is 12.2 Å². The molecular weight excluding hydrogens is 264 g/mol. The van der Waals surface area contributed by atoms with Crippen molar-refractivity contribution in [2.24, 2.45) is 0 Å². The van der Waals surface area contributed by atoms with Crippen molar-refractivity contribution in [2.75, 3.05) is 33.3 Å². The van der Waals surface area contributed by atoms with E-state index >= 15 is 0 Å². The molecule has 0 rings (SSSR count). The minimum atomic E-state index is 0.162. The molecule has 0 aromatic carbocycles. The van der Waals surface area contributed by atoms with Gasteiger partial charge in [-0.1, -0.05) is 58.3 Å². The van der Waals surface area contributed by atoms with Crippen molar-refractivity contribution in [1.82, 2.24) is 10.2 Å². The summed E-state index contributed by atoms with van der Waals surface area (Å²) in [6, 6.07) is 0. The van der Waals surface area contributed by atoms with Gasteiger partial charge in [0.25, 0.3) is 0 Å². The Morgan fingerprint density at radius 1 is 0.952 bits per heavy atom. The Labute approximate surface area is 131 Å². The summed E-state index contributed by atoms with van der Waals surface area (Å²) in [5.74, 6) is 0.162. The molecule has 0 unspecified atom stereocenters. The average molecular weight is 300 g/mol. The summed E-state index contributed by atoms with van der Waals surface area (Å²) >= 11 is 0. The Bertz CT molecular complexity index is 235. The van der Waals surface area contributed by atoms with Crippen LogP contribution in [0.15, 0.2) is 0 Å². The van der Waals surface area contributed by atoms with Gasteiger partial charge in [0.2, 0.25) is 5.91 Å². The molecule has 0 aliphatic heterocycles. The summed E-state index contributed by atoms with van der Waals surface area (Å²) in [5, 5.41) is 11.7. The van der Waals surface area contributed by atoms with Gasteiger partial charge in [0.1, 0.15) is 0 Å². The van der Waals surface area contributed by atoms with Crippen molar-refractivity contribution in [3.63, 3.8) is 0 Å². The average Bonchev–Trinajstić information content (AvgIpc) is 2.46. The number of unbranched alkanes of at least 4 members (excludes halogenated alkanes) is 8. The van der Waals surface area contributed by atoms with E-state index in [0.717, 1.165) is 13.0 Å². The zero-order valence-corrected chi connectivity index (χ0v) is 14.2. The van der Waals surface area contributed by atoms with Crippen LogP contribution < -0.4 is 5.32 Å². The number of likely N-dealkylation sites (N-methyl/N-ethyl adjacent to an activating group) is 1.